The molecule has 88 valence electrons. The van der Waals surface area contributed by atoms with E-state index >= 15 is 0 Å². The first-order chi connectivity index (χ1) is 6.97. The van der Waals surface area contributed by atoms with Gasteiger partial charge >= 0.3 is 11.9 Å². The molecule has 0 aliphatic heterocycles. The molecule has 0 aliphatic rings. The van der Waals surface area contributed by atoms with Crippen LogP contribution >= 0.6 is 12.6 Å². The van der Waals surface area contributed by atoms with Gasteiger partial charge in [0.1, 0.15) is 0 Å². The summed E-state index contributed by atoms with van der Waals surface area (Å²) in [5.74, 6) is -2.41. The molecular weight excluding hydrogens is 216 g/mol. The Bertz CT molecular complexity index is 217. The predicted molar refractivity (Wildman–Crippen MR) is 60.3 cm³/mol. The minimum atomic E-state index is -0.945. The minimum Gasteiger partial charge on any atom is -0.481 e. The summed E-state index contributed by atoms with van der Waals surface area (Å²) >= 11 is 4.27. The molecule has 15 heavy (non-hydrogen) atoms. The second-order valence-electron chi connectivity index (χ2n) is 3.61. The molecule has 4 nitrogen and oxygen atoms in total. The fourth-order valence-corrected chi connectivity index (χ4v) is 1.44. The molecule has 0 heterocycles. The summed E-state index contributed by atoms with van der Waals surface area (Å²) in [6, 6.07) is 0. The Morgan fingerprint density at radius 2 is 1.80 bits per heavy atom. The van der Waals surface area contributed by atoms with Crippen molar-refractivity contribution in [2.75, 3.05) is 0 Å². The van der Waals surface area contributed by atoms with Crippen LogP contribution in [0.1, 0.15) is 39.0 Å². The summed E-state index contributed by atoms with van der Waals surface area (Å²) in [6.07, 6.45) is 2.24. The number of thiol groups is 1. The zero-order valence-corrected chi connectivity index (χ0v) is 9.74. The van der Waals surface area contributed by atoms with Crippen LogP contribution in [0.5, 0.6) is 0 Å². The van der Waals surface area contributed by atoms with Gasteiger partial charge in [-0.1, -0.05) is 6.92 Å². The van der Waals surface area contributed by atoms with Gasteiger partial charge < -0.3 is 10.2 Å². The van der Waals surface area contributed by atoms with Crippen LogP contribution in [-0.4, -0.2) is 27.4 Å². The van der Waals surface area contributed by atoms with Crippen molar-refractivity contribution in [3.8, 4) is 0 Å². The number of aliphatic carboxylic acids is 2. The average molecular weight is 234 g/mol. The van der Waals surface area contributed by atoms with Crippen LogP contribution in [0.3, 0.4) is 0 Å². The molecule has 0 aromatic heterocycles. The lowest BCUT2D eigenvalue weighted by molar-refractivity contribution is -0.143. The zero-order valence-electron chi connectivity index (χ0n) is 8.85. The summed E-state index contributed by atoms with van der Waals surface area (Å²) in [4.78, 5) is 21.1. The first-order valence-corrected chi connectivity index (χ1v) is 5.61. The number of hydrogen-bond donors (Lipinski definition) is 3. The van der Waals surface area contributed by atoms with E-state index in [4.69, 9.17) is 10.2 Å². The third-order valence-corrected chi connectivity index (χ3v) is 3.00. The maximum Gasteiger partial charge on any atom is 0.306 e. The number of rotatable bonds is 8. The van der Waals surface area contributed by atoms with Crippen molar-refractivity contribution in [1.29, 1.82) is 0 Å². The lowest BCUT2D eigenvalue weighted by atomic mass is 9.96. The number of carboxylic acid groups (broad SMARTS) is 2. The van der Waals surface area contributed by atoms with Gasteiger partial charge in [0.05, 0.1) is 5.92 Å². The highest BCUT2D eigenvalue weighted by Gasteiger charge is 2.19. The van der Waals surface area contributed by atoms with Crippen molar-refractivity contribution in [2.45, 2.75) is 44.3 Å². The topological polar surface area (TPSA) is 74.6 Å². The SMILES string of the molecule is CCC(S)CCC(CCC(=O)O)C(=O)O. The Balaban J connectivity index is 3.94. The Labute approximate surface area is 95.1 Å². The molecule has 0 amide bonds. The first kappa shape index (κ1) is 14.3. The average Bonchev–Trinajstić information content (AvgIpc) is 2.16. The van der Waals surface area contributed by atoms with Crippen molar-refractivity contribution >= 4 is 24.6 Å². The maximum atomic E-state index is 10.8. The van der Waals surface area contributed by atoms with Crippen LogP contribution in [-0.2, 0) is 9.59 Å². The Morgan fingerprint density at radius 3 is 2.20 bits per heavy atom. The second kappa shape index (κ2) is 7.56. The molecule has 0 saturated heterocycles. The molecule has 0 aromatic carbocycles. The molecule has 0 bridgehead atoms. The molecule has 0 rings (SSSR count). The molecule has 0 aliphatic carbocycles. The molecule has 0 saturated carbocycles. The molecular formula is C10H18O4S. The quantitative estimate of drug-likeness (QED) is 0.562. The van der Waals surface area contributed by atoms with E-state index in [1.165, 1.54) is 0 Å². The van der Waals surface area contributed by atoms with Gasteiger partial charge in [-0.3, -0.25) is 9.59 Å². The molecule has 2 atom stereocenters. The standard InChI is InChI=1S/C10H18O4S/c1-2-8(15)5-3-7(10(13)14)4-6-9(11)12/h7-8,15H,2-6H2,1H3,(H,11,12)(H,13,14). The Morgan fingerprint density at radius 1 is 1.20 bits per heavy atom. The largest absolute Gasteiger partial charge is 0.481 e. The van der Waals surface area contributed by atoms with Crippen LogP contribution in [0, 0.1) is 5.92 Å². The normalized spacial score (nSPS) is 14.5. The number of hydrogen-bond acceptors (Lipinski definition) is 3. The lowest BCUT2D eigenvalue weighted by Gasteiger charge is -2.13. The van der Waals surface area contributed by atoms with Crippen LogP contribution in [0.15, 0.2) is 0 Å². The van der Waals surface area contributed by atoms with E-state index in [2.05, 4.69) is 12.6 Å². The molecule has 0 radical (unpaired) electrons. The minimum absolute atomic E-state index is 0.0830. The first-order valence-electron chi connectivity index (χ1n) is 5.10. The van der Waals surface area contributed by atoms with Gasteiger partial charge in [-0.15, -0.1) is 0 Å². The summed E-state index contributed by atoms with van der Waals surface area (Å²) in [6.45, 7) is 1.99. The monoisotopic (exact) mass is 234 g/mol. The predicted octanol–water partition coefficient (Wildman–Crippen LogP) is 2.04. The summed E-state index contributed by atoms with van der Waals surface area (Å²) in [5, 5.41) is 17.5. The molecule has 0 spiro atoms. The second-order valence-corrected chi connectivity index (χ2v) is 4.34. The zero-order chi connectivity index (χ0) is 11.8. The van der Waals surface area contributed by atoms with Gasteiger partial charge in [0.25, 0.3) is 0 Å². The molecule has 2 N–H and O–H groups in total. The van der Waals surface area contributed by atoms with Gasteiger partial charge in [0.2, 0.25) is 0 Å². The summed E-state index contributed by atoms with van der Waals surface area (Å²) in [5.41, 5.74) is 0. The maximum absolute atomic E-state index is 10.8. The highest BCUT2D eigenvalue weighted by molar-refractivity contribution is 7.80. The van der Waals surface area contributed by atoms with Crippen LogP contribution in [0.4, 0.5) is 0 Å². The van der Waals surface area contributed by atoms with Gasteiger partial charge in [-0.2, -0.15) is 12.6 Å². The van der Waals surface area contributed by atoms with Crippen LogP contribution < -0.4 is 0 Å². The molecule has 0 aromatic rings. The van der Waals surface area contributed by atoms with Crippen molar-refractivity contribution in [3.63, 3.8) is 0 Å². The van der Waals surface area contributed by atoms with E-state index in [0.29, 0.717) is 6.42 Å². The third-order valence-electron chi connectivity index (χ3n) is 2.38. The van der Waals surface area contributed by atoms with E-state index < -0.39 is 17.9 Å². The van der Waals surface area contributed by atoms with Gasteiger partial charge in [-0.25, -0.2) is 0 Å². The third kappa shape index (κ3) is 7.25. The van der Waals surface area contributed by atoms with Crippen molar-refractivity contribution in [3.05, 3.63) is 0 Å². The number of carboxylic acids is 2. The molecule has 2 unspecified atom stereocenters. The van der Waals surface area contributed by atoms with Crippen molar-refractivity contribution in [2.24, 2.45) is 5.92 Å². The number of carbonyl (C=O) groups is 2. The smallest absolute Gasteiger partial charge is 0.306 e. The molecule has 0 fully saturated rings. The Kier molecular flexibility index (Phi) is 7.21. The van der Waals surface area contributed by atoms with Crippen molar-refractivity contribution in [1.82, 2.24) is 0 Å². The Hall–Kier alpha value is -0.710. The van der Waals surface area contributed by atoms with E-state index in [-0.39, 0.29) is 18.1 Å². The van der Waals surface area contributed by atoms with Gasteiger partial charge in [-0.05, 0) is 25.7 Å². The van der Waals surface area contributed by atoms with Crippen LogP contribution in [0.25, 0.3) is 0 Å². The molecule has 5 heteroatoms. The van der Waals surface area contributed by atoms with E-state index in [1.54, 1.807) is 0 Å². The van der Waals surface area contributed by atoms with Crippen LogP contribution in [0.2, 0.25) is 0 Å². The fourth-order valence-electron chi connectivity index (χ4n) is 1.29. The van der Waals surface area contributed by atoms with Crippen molar-refractivity contribution < 1.29 is 19.8 Å². The van der Waals surface area contributed by atoms with Gasteiger partial charge in [0.15, 0.2) is 0 Å². The van der Waals surface area contributed by atoms with E-state index in [1.807, 2.05) is 6.92 Å². The van der Waals surface area contributed by atoms with Gasteiger partial charge in [0, 0.05) is 11.7 Å². The fraction of sp³-hybridized carbons (Fsp3) is 0.800. The van der Waals surface area contributed by atoms with E-state index in [0.717, 1.165) is 12.8 Å². The van der Waals surface area contributed by atoms with E-state index in [9.17, 15) is 9.59 Å². The highest BCUT2D eigenvalue weighted by atomic mass is 32.1. The lowest BCUT2D eigenvalue weighted by Crippen LogP contribution is -2.16. The highest BCUT2D eigenvalue weighted by Crippen LogP contribution is 2.18. The summed E-state index contributed by atoms with van der Waals surface area (Å²) in [7, 11) is 0. The summed E-state index contributed by atoms with van der Waals surface area (Å²) < 4.78 is 0.